The number of aromatic nitrogens is 1. The second-order valence-corrected chi connectivity index (χ2v) is 8.18. The summed E-state index contributed by atoms with van der Waals surface area (Å²) in [6, 6.07) is 1.74. The Morgan fingerprint density at radius 2 is 2.00 bits per heavy atom. The van der Waals surface area contributed by atoms with Crippen molar-refractivity contribution in [3.63, 3.8) is 0 Å². The first-order chi connectivity index (χ1) is 12.8. The summed E-state index contributed by atoms with van der Waals surface area (Å²) in [4.78, 5) is 26.1. The molecule has 1 atom stereocenters. The molecule has 5 rings (SSSR count). The van der Waals surface area contributed by atoms with Crippen LogP contribution in [0.1, 0.15) is 42.1 Å². The molecule has 2 aliphatic carbocycles. The van der Waals surface area contributed by atoms with Crippen LogP contribution >= 0.6 is 12.4 Å². The van der Waals surface area contributed by atoms with Crippen molar-refractivity contribution in [2.45, 2.75) is 37.8 Å². The van der Waals surface area contributed by atoms with Crippen LogP contribution in [0.2, 0.25) is 0 Å². The highest BCUT2D eigenvalue weighted by Gasteiger charge is 2.54. The van der Waals surface area contributed by atoms with E-state index in [4.69, 9.17) is 11.5 Å². The number of rotatable bonds is 3. The number of carbonyl (C=O) groups is 1. The molecule has 3 aliphatic rings. The van der Waals surface area contributed by atoms with E-state index >= 15 is 4.39 Å². The Kier molecular flexibility index (Phi) is 4.13. The quantitative estimate of drug-likeness (QED) is 0.670. The highest BCUT2D eigenvalue weighted by atomic mass is 35.5. The highest BCUT2D eigenvalue weighted by molar-refractivity contribution is 5.99. The Bertz CT molecular complexity index is 1060. The molecule has 5 N–H and O–H groups in total. The van der Waals surface area contributed by atoms with Gasteiger partial charge in [-0.1, -0.05) is 0 Å². The van der Waals surface area contributed by atoms with Crippen LogP contribution in [0.25, 0.3) is 10.9 Å². The summed E-state index contributed by atoms with van der Waals surface area (Å²) in [6.07, 6.45) is 5.24. The molecule has 0 unspecified atom stereocenters. The minimum atomic E-state index is -1.33. The molecule has 28 heavy (non-hydrogen) atoms. The van der Waals surface area contributed by atoms with Crippen molar-refractivity contribution in [1.29, 1.82) is 0 Å². The molecular weight excluding hydrogens is 387 g/mol. The number of anilines is 2. The van der Waals surface area contributed by atoms with E-state index < -0.39 is 17.2 Å². The van der Waals surface area contributed by atoms with Gasteiger partial charge in [-0.05, 0) is 31.7 Å². The molecule has 7 nitrogen and oxygen atoms in total. The summed E-state index contributed by atoms with van der Waals surface area (Å²) < 4.78 is 16.9. The van der Waals surface area contributed by atoms with E-state index in [1.807, 2.05) is 4.90 Å². The first-order valence-corrected chi connectivity index (χ1v) is 9.23. The summed E-state index contributed by atoms with van der Waals surface area (Å²) >= 11 is 0. The number of pyridine rings is 1. The van der Waals surface area contributed by atoms with Gasteiger partial charge in [-0.3, -0.25) is 4.79 Å². The number of carboxylic acid groups (broad SMARTS) is 1. The summed E-state index contributed by atoms with van der Waals surface area (Å²) in [5.74, 6) is -2.00. The topological polar surface area (TPSA) is 115 Å². The minimum Gasteiger partial charge on any atom is -0.477 e. The van der Waals surface area contributed by atoms with Gasteiger partial charge in [-0.25, -0.2) is 9.18 Å². The molecule has 0 amide bonds. The van der Waals surface area contributed by atoms with Crippen molar-refractivity contribution in [3.8, 4) is 0 Å². The van der Waals surface area contributed by atoms with E-state index in [0.29, 0.717) is 24.3 Å². The van der Waals surface area contributed by atoms with Gasteiger partial charge in [-0.2, -0.15) is 0 Å². The lowest BCUT2D eigenvalue weighted by Crippen LogP contribution is -2.30. The largest absolute Gasteiger partial charge is 0.477 e. The third-order valence-electron chi connectivity index (χ3n) is 6.39. The van der Waals surface area contributed by atoms with Crippen LogP contribution in [0, 0.1) is 11.2 Å². The zero-order valence-corrected chi connectivity index (χ0v) is 16.0. The van der Waals surface area contributed by atoms with Gasteiger partial charge in [0, 0.05) is 36.8 Å². The van der Waals surface area contributed by atoms with Gasteiger partial charge in [0.2, 0.25) is 5.43 Å². The summed E-state index contributed by atoms with van der Waals surface area (Å²) in [5.41, 5.74) is 11.8. The second kappa shape index (κ2) is 6.09. The van der Waals surface area contributed by atoms with Gasteiger partial charge >= 0.3 is 5.97 Å². The number of nitrogen functional groups attached to an aromatic ring is 1. The van der Waals surface area contributed by atoms with Crippen LogP contribution in [0.3, 0.4) is 0 Å². The predicted octanol–water partition coefficient (Wildman–Crippen LogP) is 2.11. The van der Waals surface area contributed by atoms with E-state index in [2.05, 4.69) is 0 Å². The third kappa shape index (κ3) is 2.58. The lowest BCUT2D eigenvalue weighted by atomic mass is 10.0. The van der Waals surface area contributed by atoms with Gasteiger partial charge in [-0.15, -0.1) is 12.4 Å². The van der Waals surface area contributed by atoms with Crippen LogP contribution in [-0.2, 0) is 0 Å². The second-order valence-electron chi connectivity index (χ2n) is 8.18. The normalized spacial score (nSPS) is 22.5. The van der Waals surface area contributed by atoms with Crippen LogP contribution in [0.4, 0.5) is 15.8 Å². The van der Waals surface area contributed by atoms with Crippen LogP contribution in [-0.4, -0.2) is 34.8 Å². The predicted molar refractivity (Wildman–Crippen MR) is 107 cm³/mol. The third-order valence-corrected chi connectivity index (χ3v) is 6.39. The van der Waals surface area contributed by atoms with E-state index in [9.17, 15) is 14.7 Å². The number of hydrogen-bond donors (Lipinski definition) is 3. The molecule has 0 bridgehead atoms. The van der Waals surface area contributed by atoms with Crippen molar-refractivity contribution >= 4 is 40.7 Å². The summed E-state index contributed by atoms with van der Waals surface area (Å²) in [6.45, 7) is 1.22. The van der Waals surface area contributed by atoms with E-state index in [1.165, 1.54) is 6.20 Å². The number of nitrogens with two attached hydrogens (primary N) is 2. The fourth-order valence-corrected chi connectivity index (χ4v) is 4.40. The smallest absolute Gasteiger partial charge is 0.341 e. The molecule has 3 fully saturated rings. The van der Waals surface area contributed by atoms with Crippen molar-refractivity contribution in [2.24, 2.45) is 11.1 Å². The Labute approximate surface area is 166 Å². The monoisotopic (exact) mass is 408 g/mol. The molecule has 9 heteroatoms. The lowest BCUT2D eigenvalue weighted by molar-refractivity contribution is 0.0695. The minimum absolute atomic E-state index is 0. The van der Waals surface area contributed by atoms with Crippen LogP contribution < -0.4 is 21.8 Å². The molecule has 1 aromatic carbocycles. The van der Waals surface area contributed by atoms with Gasteiger partial charge in [0.05, 0.1) is 22.3 Å². The van der Waals surface area contributed by atoms with E-state index in [0.717, 1.165) is 25.7 Å². The summed E-state index contributed by atoms with van der Waals surface area (Å²) in [7, 11) is 0. The molecule has 1 spiro atoms. The SMILES string of the molecule is Cl.Nc1c(F)c(N2C[C@@H](N)C3(CC3)C2)cc2c1c(=O)c(C(=O)O)cn2C1CC1. The van der Waals surface area contributed by atoms with E-state index in [1.54, 1.807) is 10.6 Å². The Hall–Kier alpha value is -2.32. The number of fused-ring (bicyclic) bond motifs is 1. The van der Waals surface area contributed by atoms with Crippen molar-refractivity contribution in [1.82, 2.24) is 4.57 Å². The zero-order valence-electron chi connectivity index (χ0n) is 15.2. The maximum Gasteiger partial charge on any atom is 0.341 e. The molecule has 2 aromatic rings. The van der Waals surface area contributed by atoms with Gasteiger partial charge < -0.3 is 26.0 Å². The summed E-state index contributed by atoms with van der Waals surface area (Å²) in [5, 5.41) is 9.31. The molecular formula is C19H22ClFN4O3. The Balaban J connectivity index is 0.00000192. The highest BCUT2D eigenvalue weighted by Crippen LogP contribution is 2.53. The van der Waals surface area contributed by atoms with Crippen molar-refractivity contribution in [3.05, 3.63) is 33.9 Å². The Morgan fingerprint density at radius 3 is 2.54 bits per heavy atom. The van der Waals surface area contributed by atoms with Crippen molar-refractivity contribution < 1.29 is 14.3 Å². The number of carboxylic acids is 1. The average Bonchev–Trinajstić information content (AvgIpc) is 3.51. The Morgan fingerprint density at radius 1 is 1.32 bits per heavy atom. The van der Waals surface area contributed by atoms with Gasteiger partial charge in [0.15, 0.2) is 5.82 Å². The molecule has 1 aromatic heterocycles. The average molecular weight is 409 g/mol. The van der Waals surface area contributed by atoms with Crippen LogP contribution in [0.5, 0.6) is 0 Å². The lowest BCUT2D eigenvalue weighted by Gasteiger charge is -2.22. The maximum absolute atomic E-state index is 15.1. The molecule has 0 radical (unpaired) electrons. The van der Waals surface area contributed by atoms with E-state index in [-0.39, 0.29) is 46.5 Å². The van der Waals surface area contributed by atoms with Crippen LogP contribution in [0.15, 0.2) is 17.1 Å². The fraction of sp³-hybridized carbons (Fsp3) is 0.474. The first-order valence-electron chi connectivity index (χ1n) is 9.23. The van der Waals surface area contributed by atoms with Gasteiger partial charge in [0.25, 0.3) is 0 Å². The number of hydrogen-bond acceptors (Lipinski definition) is 5. The molecule has 2 saturated carbocycles. The fourth-order valence-electron chi connectivity index (χ4n) is 4.40. The van der Waals surface area contributed by atoms with Crippen molar-refractivity contribution in [2.75, 3.05) is 23.7 Å². The molecule has 150 valence electrons. The molecule has 1 aliphatic heterocycles. The maximum atomic E-state index is 15.1. The number of benzene rings is 1. The standard InChI is InChI=1S/C19H21FN4O3.ClH/c20-15-12(23-7-13(21)19(8-23)3-4-19)5-11-14(16(15)22)17(25)10(18(26)27)6-24(11)9-1-2-9;/h5-6,9,13H,1-4,7-8,21-22H2,(H,26,27);1H/t13-;/m1./s1. The molecule has 2 heterocycles. The molecule has 1 saturated heterocycles. The first kappa shape index (κ1) is 19.0. The number of aromatic carboxylic acids is 1. The number of nitrogens with zero attached hydrogens (tertiary/aromatic N) is 2. The number of halogens is 2. The zero-order chi connectivity index (χ0) is 19.1. The van der Waals surface area contributed by atoms with Gasteiger partial charge in [0.1, 0.15) is 5.56 Å².